The second-order valence-electron chi connectivity index (χ2n) is 9.47. The van der Waals surface area contributed by atoms with Crippen LogP contribution >= 0.6 is 7.82 Å². The standard InChI is InChI=1S/C29H29N2O6P/c32-28(30-24-15-13-22(14-16-24)21-7-3-1-4-8-21)27-26(36-29(31-27)23-9-5-2-6-10-23)19-20-11-17-25(18-12-20)37-38(33,34)35/h2,5-6,9-18,21H,1,3-4,7-8,19H2,(H,30,32)(H2,33,34,35). The molecule has 8 nitrogen and oxygen atoms in total. The molecule has 9 heteroatoms. The molecule has 4 aromatic rings. The lowest BCUT2D eigenvalue weighted by Crippen LogP contribution is -2.14. The number of oxazole rings is 1. The number of hydrogen-bond acceptors (Lipinski definition) is 5. The van der Waals surface area contributed by atoms with Gasteiger partial charge in [-0.2, -0.15) is 0 Å². The summed E-state index contributed by atoms with van der Waals surface area (Å²) in [6.07, 6.45) is 6.51. The first-order valence-electron chi connectivity index (χ1n) is 12.6. The van der Waals surface area contributed by atoms with Crippen molar-refractivity contribution in [1.29, 1.82) is 0 Å². The van der Waals surface area contributed by atoms with Crippen molar-refractivity contribution in [2.45, 2.75) is 44.4 Å². The molecule has 0 radical (unpaired) electrons. The molecule has 0 atom stereocenters. The van der Waals surface area contributed by atoms with E-state index in [0.29, 0.717) is 23.3 Å². The minimum absolute atomic E-state index is 0.0410. The smallest absolute Gasteiger partial charge is 0.440 e. The zero-order valence-corrected chi connectivity index (χ0v) is 21.6. The van der Waals surface area contributed by atoms with Crippen molar-refractivity contribution in [2.24, 2.45) is 0 Å². The highest BCUT2D eigenvalue weighted by Gasteiger charge is 2.22. The Morgan fingerprint density at radius 3 is 2.29 bits per heavy atom. The topological polar surface area (TPSA) is 122 Å². The summed E-state index contributed by atoms with van der Waals surface area (Å²) < 4.78 is 21.7. The van der Waals surface area contributed by atoms with Crippen LogP contribution in [0, 0.1) is 0 Å². The monoisotopic (exact) mass is 532 g/mol. The Bertz CT molecular complexity index is 1420. The lowest BCUT2D eigenvalue weighted by atomic mass is 9.84. The molecular formula is C29H29N2O6P. The van der Waals surface area contributed by atoms with Crippen molar-refractivity contribution in [3.8, 4) is 17.2 Å². The third-order valence-electron chi connectivity index (χ3n) is 6.69. The Labute approximate surface area is 220 Å². The maximum atomic E-state index is 13.3. The molecule has 1 aromatic heterocycles. The van der Waals surface area contributed by atoms with Crippen LogP contribution in [0.2, 0.25) is 0 Å². The fourth-order valence-corrected chi connectivity index (χ4v) is 5.21. The van der Waals surface area contributed by atoms with E-state index in [9.17, 15) is 9.36 Å². The summed E-state index contributed by atoms with van der Waals surface area (Å²) in [5, 5.41) is 2.95. The van der Waals surface area contributed by atoms with E-state index in [-0.39, 0.29) is 23.8 Å². The van der Waals surface area contributed by atoms with Crippen LogP contribution in [0.3, 0.4) is 0 Å². The van der Waals surface area contributed by atoms with E-state index in [4.69, 9.17) is 14.2 Å². The van der Waals surface area contributed by atoms with Crippen molar-refractivity contribution >= 4 is 19.4 Å². The second kappa shape index (κ2) is 11.4. The Hall–Kier alpha value is -3.71. The number of phosphoric ester groups is 1. The second-order valence-corrected chi connectivity index (χ2v) is 10.6. The van der Waals surface area contributed by atoms with Gasteiger partial charge >= 0.3 is 7.82 Å². The Morgan fingerprint density at radius 2 is 1.63 bits per heavy atom. The molecule has 1 saturated carbocycles. The SMILES string of the molecule is O=C(Nc1ccc(C2CCCCC2)cc1)c1nc(-c2ccccc2)oc1Cc1ccc(OP(=O)(O)O)cc1. The predicted molar refractivity (Wildman–Crippen MR) is 144 cm³/mol. The predicted octanol–water partition coefficient (Wildman–Crippen LogP) is 6.70. The van der Waals surface area contributed by atoms with Crippen molar-refractivity contribution < 1.29 is 28.1 Å². The molecule has 0 spiro atoms. The maximum absolute atomic E-state index is 13.3. The molecule has 0 unspecified atom stereocenters. The zero-order valence-electron chi connectivity index (χ0n) is 20.7. The van der Waals surface area contributed by atoms with E-state index in [0.717, 1.165) is 11.1 Å². The number of carbonyl (C=O) groups is 1. The number of hydrogen-bond donors (Lipinski definition) is 3. The van der Waals surface area contributed by atoms with E-state index in [1.807, 2.05) is 42.5 Å². The van der Waals surface area contributed by atoms with Crippen LogP contribution in [0.1, 0.15) is 65.4 Å². The van der Waals surface area contributed by atoms with Crippen LogP contribution in [0.5, 0.6) is 5.75 Å². The van der Waals surface area contributed by atoms with Gasteiger partial charge in [-0.05, 0) is 66.3 Å². The van der Waals surface area contributed by atoms with E-state index >= 15 is 0 Å². The summed E-state index contributed by atoms with van der Waals surface area (Å²) in [5.41, 5.74) is 3.67. The summed E-state index contributed by atoms with van der Waals surface area (Å²) in [4.78, 5) is 35.9. The van der Waals surface area contributed by atoms with Gasteiger partial charge in [0.25, 0.3) is 5.91 Å². The molecule has 196 valence electrons. The number of phosphoric acid groups is 1. The number of carbonyl (C=O) groups excluding carboxylic acids is 1. The van der Waals surface area contributed by atoms with E-state index < -0.39 is 7.82 Å². The number of benzene rings is 3. The molecule has 0 aliphatic heterocycles. The normalized spacial score (nSPS) is 14.3. The van der Waals surface area contributed by atoms with Crippen molar-refractivity contribution in [1.82, 2.24) is 4.98 Å². The van der Waals surface area contributed by atoms with Crippen LogP contribution < -0.4 is 9.84 Å². The number of aromatic nitrogens is 1. The Morgan fingerprint density at radius 1 is 0.947 bits per heavy atom. The van der Waals surface area contributed by atoms with Gasteiger partial charge in [-0.1, -0.05) is 61.7 Å². The average molecular weight is 533 g/mol. The summed E-state index contributed by atoms with van der Waals surface area (Å²) in [5.74, 6) is 0.961. The fourth-order valence-electron chi connectivity index (χ4n) is 4.81. The molecule has 0 bridgehead atoms. The summed E-state index contributed by atoms with van der Waals surface area (Å²) in [6.45, 7) is 0. The molecule has 1 fully saturated rings. The molecule has 1 aliphatic rings. The third-order valence-corrected chi connectivity index (χ3v) is 7.14. The van der Waals surface area contributed by atoms with E-state index in [2.05, 4.69) is 27.0 Å². The molecule has 3 N–H and O–H groups in total. The van der Waals surface area contributed by atoms with Crippen LogP contribution in [0.4, 0.5) is 5.69 Å². The van der Waals surface area contributed by atoms with Crippen LogP contribution in [0.25, 0.3) is 11.5 Å². The molecule has 3 aromatic carbocycles. The molecule has 5 rings (SSSR count). The lowest BCUT2D eigenvalue weighted by molar-refractivity contribution is 0.102. The highest BCUT2D eigenvalue weighted by atomic mass is 31.2. The largest absolute Gasteiger partial charge is 0.524 e. The quantitative estimate of drug-likeness (QED) is 0.216. The van der Waals surface area contributed by atoms with Gasteiger partial charge in [0.15, 0.2) is 5.69 Å². The van der Waals surface area contributed by atoms with Gasteiger partial charge in [0.1, 0.15) is 11.5 Å². The number of anilines is 1. The number of rotatable bonds is 8. The van der Waals surface area contributed by atoms with Gasteiger partial charge in [-0.3, -0.25) is 14.6 Å². The lowest BCUT2D eigenvalue weighted by Gasteiger charge is -2.22. The van der Waals surface area contributed by atoms with E-state index in [1.54, 1.807) is 12.1 Å². The summed E-state index contributed by atoms with van der Waals surface area (Å²) >= 11 is 0. The van der Waals surface area contributed by atoms with Gasteiger partial charge in [0.05, 0.1) is 0 Å². The zero-order chi connectivity index (χ0) is 26.5. The van der Waals surface area contributed by atoms with Gasteiger partial charge < -0.3 is 14.3 Å². The van der Waals surface area contributed by atoms with Gasteiger partial charge in [-0.15, -0.1) is 0 Å². The molecule has 0 saturated heterocycles. The maximum Gasteiger partial charge on any atom is 0.524 e. The van der Waals surface area contributed by atoms with Crippen LogP contribution in [-0.2, 0) is 11.0 Å². The minimum Gasteiger partial charge on any atom is -0.440 e. The fraction of sp³-hybridized carbons (Fsp3) is 0.241. The highest BCUT2D eigenvalue weighted by Crippen LogP contribution is 2.37. The highest BCUT2D eigenvalue weighted by molar-refractivity contribution is 7.46. The van der Waals surface area contributed by atoms with Gasteiger partial charge in [0, 0.05) is 17.7 Å². The first kappa shape index (κ1) is 25.9. The Kier molecular flexibility index (Phi) is 7.74. The van der Waals surface area contributed by atoms with Crippen molar-refractivity contribution in [2.75, 3.05) is 5.32 Å². The first-order chi connectivity index (χ1) is 18.3. The van der Waals surface area contributed by atoms with Crippen molar-refractivity contribution in [3.63, 3.8) is 0 Å². The van der Waals surface area contributed by atoms with E-state index in [1.165, 1.54) is 49.8 Å². The molecular weight excluding hydrogens is 503 g/mol. The van der Waals surface area contributed by atoms with Crippen molar-refractivity contribution in [3.05, 3.63) is 101 Å². The molecule has 1 aliphatic carbocycles. The molecule has 1 amide bonds. The van der Waals surface area contributed by atoms with Crippen LogP contribution in [-0.4, -0.2) is 20.7 Å². The number of amides is 1. The summed E-state index contributed by atoms with van der Waals surface area (Å²) in [7, 11) is -4.65. The number of nitrogens with zero attached hydrogens (tertiary/aromatic N) is 1. The Balaban J connectivity index is 1.37. The minimum atomic E-state index is -4.65. The van der Waals surface area contributed by atoms with Gasteiger partial charge in [-0.25, -0.2) is 9.55 Å². The number of nitrogens with one attached hydrogen (secondary N) is 1. The van der Waals surface area contributed by atoms with Gasteiger partial charge in [0.2, 0.25) is 5.89 Å². The first-order valence-corrected chi connectivity index (χ1v) is 14.2. The third kappa shape index (κ3) is 6.58. The summed E-state index contributed by atoms with van der Waals surface area (Å²) in [6, 6.07) is 23.6. The average Bonchev–Trinajstić information content (AvgIpc) is 3.34. The molecule has 1 heterocycles. The molecule has 38 heavy (non-hydrogen) atoms. The van der Waals surface area contributed by atoms with Crippen LogP contribution in [0.15, 0.2) is 83.3 Å².